The maximum absolute atomic E-state index is 5.49. The van der Waals surface area contributed by atoms with Crippen molar-refractivity contribution in [3.63, 3.8) is 0 Å². The van der Waals surface area contributed by atoms with Gasteiger partial charge in [-0.2, -0.15) is 5.10 Å². The highest BCUT2D eigenvalue weighted by atomic mass is 15.3. The second kappa shape index (κ2) is 3.32. The Morgan fingerprint density at radius 3 is 2.77 bits per heavy atom. The van der Waals surface area contributed by atoms with E-state index in [1.165, 1.54) is 6.33 Å². The SMILES string of the molecule is NCc1ncnn1-c1ccncc1. The third kappa shape index (κ3) is 1.41. The summed E-state index contributed by atoms with van der Waals surface area (Å²) in [4.78, 5) is 7.94. The van der Waals surface area contributed by atoms with Gasteiger partial charge in [0.15, 0.2) is 0 Å². The van der Waals surface area contributed by atoms with Gasteiger partial charge in [0.05, 0.1) is 12.2 Å². The average molecular weight is 175 g/mol. The molecule has 13 heavy (non-hydrogen) atoms. The van der Waals surface area contributed by atoms with E-state index in [-0.39, 0.29) is 0 Å². The zero-order chi connectivity index (χ0) is 9.10. The lowest BCUT2D eigenvalue weighted by Gasteiger charge is -2.02. The van der Waals surface area contributed by atoms with Crippen LogP contribution in [0.1, 0.15) is 5.82 Å². The lowest BCUT2D eigenvalue weighted by molar-refractivity contribution is 0.788. The molecular formula is C8H9N5. The lowest BCUT2D eigenvalue weighted by atomic mass is 10.4. The maximum Gasteiger partial charge on any atom is 0.145 e. The molecule has 0 aliphatic rings. The van der Waals surface area contributed by atoms with E-state index in [9.17, 15) is 0 Å². The number of nitrogens with two attached hydrogens (primary N) is 1. The van der Waals surface area contributed by atoms with Crippen molar-refractivity contribution in [2.24, 2.45) is 5.73 Å². The van der Waals surface area contributed by atoms with Crippen molar-refractivity contribution in [2.45, 2.75) is 6.54 Å². The molecule has 0 radical (unpaired) electrons. The first-order chi connectivity index (χ1) is 6.42. The first-order valence-electron chi connectivity index (χ1n) is 3.91. The van der Waals surface area contributed by atoms with E-state index in [4.69, 9.17) is 5.73 Å². The molecule has 2 heterocycles. The summed E-state index contributed by atoms with van der Waals surface area (Å²) in [5.41, 5.74) is 6.42. The van der Waals surface area contributed by atoms with Crippen molar-refractivity contribution in [3.8, 4) is 5.69 Å². The van der Waals surface area contributed by atoms with Crippen LogP contribution in [0.3, 0.4) is 0 Å². The molecular weight excluding hydrogens is 166 g/mol. The highest BCUT2D eigenvalue weighted by Crippen LogP contribution is 2.05. The molecule has 0 saturated carbocycles. The summed E-state index contributed by atoms with van der Waals surface area (Å²) in [6.45, 7) is 0.377. The normalized spacial score (nSPS) is 10.2. The molecule has 2 N–H and O–H groups in total. The Bertz CT molecular complexity index is 380. The highest BCUT2D eigenvalue weighted by molar-refractivity contribution is 5.28. The Kier molecular flexibility index (Phi) is 2.01. The Balaban J connectivity index is 2.47. The molecule has 5 heteroatoms. The summed E-state index contributed by atoms with van der Waals surface area (Å²) >= 11 is 0. The molecule has 66 valence electrons. The quantitative estimate of drug-likeness (QED) is 0.703. The minimum Gasteiger partial charge on any atom is -0.324 e. The van der Waals surface area contributed by atoms with Crippen LogP contribution in [-0.4, -0.2) is 19.7 Å². The number of aromatic nitrogens is 4. The molecule has 0 spiro atoms. The molecule has 0 unspecified atom stereocenters. The molecule has 0 bridgehead atoms. The Hall–Kier alpha value is -1.75. The van der Waals surface area contributed by atoms with Crippen molar-refractivity contribution < 1.29 is 0 Å². The minimum atomic E-state index is 0.377. The Morgan fingerprint density at radius 1 is 1.31 bits per heavy atom. The molecule has 5 nitrogen and oxygen atoms in total. The second-order valence-corrected chi connectivity index (χ2v) is 2.50. The smallest absolute Gasteiger partial charge is 0.145 e. The van der Waals surface area contributed by atoms with Crippen molar-refractivity contribution in [1.82, 2.24) is 19.7 Å². The van der Waals surface area contributed by atoms with Gasteiger partial charge in [0, 0.05) is 12.4 Å². The molecule has 2 aromatic heterocycles. The number of pyridine rings is 1. The first-order valence-corrected chi connectivity index (χ1v) is 3.91. The molecule has 0 aliphatic heterocycles. The van der Waals surface area contributed by atoms with Gasteiger partial charge in [-0.3, -0.25) is 4.98 Å². The average Bonchev–Trinajstić information content (AvgIpc) is 2.67. The van der Waals surface area contributed by atoms with Crippen LogP contribution < -0.4 is 5.73 Å². The molecule has 0 aromatic carbocycles. The van der Waals surface area contributed by atoms with Gasteiger partial charge >= 0.3 is 0 Å². The predicted octanol–water partition coefficient (Wildman–Crippen LogP) is 0.121. The minimum absolute atomic E-state index is 0.377. The molecule has 0 aliphatic carbocycles. The highest BCUT2D eigenvalue weighted by Gasteiger charge is 2.02. The summed E-state index contributed by atoms with van der Waals surface area (Å²) in [7, 11) is 0. The molecule has 0 saturated heterocycles. The standard InChI is InChI=1S/C8H9N5/c9-5-8-11-6-12-13(8)7-1-3-10-4-2-7/h1-4,6H,5,9H2. The summed E-state index contributed by atoms with van der Waals surface area (Å²) in [6.07, 6.45) is 4.90. The zero-order valence-electron chi connectivity index (χ0n) is 6.96. The molecule has 2 aromatic rings. The van der Waals surface area contributed by atoms with Gasteiger partial charge in [0.2, 0.25) is 0 Å². The van der Waals surface area contributed by atoms with E-state index in [2.05, 4.69) is 15.1 Å². The Labute approximate surface area is 75.2 Å². The van der Waals surface area contributed by atoms with E-state index >= 15 is 0 Å². The maximum atomic E-state index is 5.49. The van der Waals surface area contributed by atoms with Gasteiger partial charge in [-0.1, -0.05) is 0 Å². The van der Waals surface area contributed by atoms with E-state index in [1.807, 2.05) is 12.1 Å². The van der Waals surface area contributed by atoms with Gasteiger partial charge < -0.3 is 5.73 Å². The van der Waals surface area contributed by atoms with Crippen LogP contribution in [0.4, 0.5) is 0 Å². The van der Waals surface area contributed by atoms with Gasteiger partial charge in [-0.25, -0.2) is 9.67 Å². The summed E-state index contributed by atoms with van der Waals surface area (Å²) < 4.78 is 1.70. The topological polar surface area (TPSA) is 69.6 Å². The predicted molar refractivity (Wildman–Crippen MR) is 47.0 cm³/mol. The van der Waals surface area contributed by atoms with Gasteiger partial charge in [0.1, 0.15) is 12.2 Å². The molecule has 0 atom stereocenters. The summed E-state index contributed by atoms with van der Waals surface area (Å²) in [5.74, 6) is 0.742. The van der Waals surface area contributed by atoms with Crippen LogP contribution >= 0.6 is 0 Å². The van der Waals surface area contributed by atoms with Crippen molar-refractivity contribution in [2.75, 3.05) is 0 Å². The fourth-order valence-electron chi connectivity index (χ4n) is 1.11. The largest absolute Gasteiger partial charge is 0.324 e. The second-order valence-electron chi connectivity index (χ2n) is 2.50. The number of nitrogens with zero attached hydrogens (tertiary/aromatic N) is 4. The van der Waals surface area contributed by atoms with Crippen LogP contribution in [0, 0.1) is 0 Å². The third-order valence-electron chi connectivity index (χ3n) is 1.71. The fourth-order valence-corrected chi connectivity index (χ4v) is 1.11. The fraction of sp³-hybridized carbons (Fsp3) is 0.125. The number of hydrogen-bond donors (Lipinski definition) is 1. The van der Waals surface area contributed by atoms with Gasteiger partial charge in [0.25, 0.3) is 0 Å². The van der Waals surface area contributed by atoms with Crippen molar-refractivity contribution in [1.29, 1.82) is 0 Å². The van der Waals surface area contributed by atoms with Crippen molar-refractivity contribution in [3.05, 3.63) is 36.7 Å². The van der Waals surface area contributed by atoms with Crippen LogP contribution in [0.15, 0.2) is 30.9 Å². The van der Waals surface area contributed by atoms with Crippen LogP contribution in [0.2, 0.25) is 0 Å². The Morgan fingerprint density at radius 2 is 2.08 bits per heavy atom. The van der Waals surface area contributed by atoms with Crippen LogP contribution in [0.25, 0.3) is 5.69 Å². The summed E-state index contributed by atoms with van der Waals surface area (Å²) in [5, 5.41) is 4.06. The van der Waals surface area contributed by atoms with Crippen molar-refractivity contribution >= 4 is 0 Å². The monoisotopic (exact) mass is 175 g/mol. The van der Waals surface area contributed by atoms with Crippen LogP contribution in [0.5, 0.6) is 0 Å². The third-order valence-corrected chi connectivity index (χ3v) is 1.71. The van der Waals surface area contributed by atoms with Gasteiger partial charge in [-0.05, 0) is 12.1 Å². The van der Waals surface area contributed by atoms with E-state index in [0.29, 0.717) is 6.54 Å². The number of rotatable bonds is 2. The molecule has 0 amide bonds. The molecule has 2 rings (SSSR count). The first kappa shape index (κ1) is 7.88. The van der Waals surface area contributed by atoms with Crippen LogP contribution in [-0.2, 0) is 6.54 Å². The van der Waals surface area contributed by atoms with E-state index in [0.717, 1.165) is 11.5 Å². The lowest BCUT2D eigenvalue weighted by Crippen LogP contribution is -2.07. The van der Waals surface area contributed by atoms with Gasteiger partial charge in [-0.15, -0.1) is 0 Å². The summed E-state index contributed by atoms with van der Waals surface area (Å²) in [6, 6.07) is 3.71. The van der Waals surface area contributed by atoms with E-state index < -0.39 is 0 Å². The zero-order valence-corrected chi connectivity index (χ0v) is 6.96. The number of hydrogen-bond acceptors (Lipinski definition) is 4. The molecule has 0 fully saturated rings. The van der Waals surface area contributed by atoms with E-state index in [1.54, 1.807) is 17.1 Å².